The van der Waals surface area contributed by atoms with E-state index in [9.17, 15) is 9.18 Å². The van der Waals surface area contributed by atoms with Gasteiger partial charge in [-0.2, -0.15) is 0 Å². The van der Waals surface area contributed by atoms with Gasteiger partial charge in [-0.3, -0.25) is 0 Å². The van der Waals surface area contributed by atoms with E-state index >= 15 is 0 Å². The predicted molar refractivity (Wildman–Crippen MR) is 139 cm³/mol. The molecule has 0 spiro atoms. The Bertz CT molecular complexity index is 1430. The smallest absolute Gasteiger partial charge is 0.318 e. The molecule has 0 radical (unpaired) electrons. The fraction of sp³-hybridized carbons (Fsp3) is 0.276. The molecule has 6 rings (SSSR count). The molecule has 1 aliphatic carbocycles. The van der Waals surface area contributed by atoms with Crippen molar-refractivity contribution in [3.63, 3.8) is 0 Å². The summed E-state index contributed by atoms with van der Waals surface area (Å²) in [4.78, 5) is 17.2. The van der Waals surface area contributed by atoms with Crippen molar-refractivity contribution in [3.05, 3.63) is 106 Å². The maximum absolute atomic E-state index is 14.4. The largest absolute Gasteiger partial charge is 0.497 e. The van der Waals surface area contributed by atoms with E-state index in [1.807, 2.05) is 58.7 Å². The van der Waals surface area contributed by atoms with Gasteiger partial charge in [-0.05, 0) is 78.8 Å². The summed E-state index contributed by atoms with van der Waals surface area (Å²) in [6.45, 7) is 0.853. The highest BCUT2D eigenvalue weighted by molar-refractivity contribution is 7.15. The second-order valence-electron chi connectivity index (χ2n) is 9.39. The molecule has 0 saturated carbocycles. The van der Waals surface area contributed by atoms with Gasteiger partial charge in [0.15, 0.2) is 0 Å². The van der Waals surface area contributed by atoms with Crippen LogP contribution in [0, 0.1) is 5.82 Å². The average Bonchev–Trinajstić information content (AvgIpc) is 3.49. The molecule has 0 saturated heterocycles. The zero-order valence-corrected chi connectivity index (χ0v) is 21.0. The number of thiophene rings is 1. The lowest BCUT2D eigenvalue weighted by Crippen LogP contribution is -2.41. The number of nitrogens with zero attached hydrogens (tertiary/aromatic N) is 2. The molecule has 0 bridgehead atoms. The van der Waals surface area contributed by atoms with Gasteiger partial charge in [0, 0.05) is 23.2 Å². The van der Waals surface area contributed by atoms with Crippen molar-refractivity contribution < 1.29 is 13.9 Å². The van der Waals surface area contributed by atoms with Crippen molar-refractivity contribution in [2.45, 2.75) is 44.8 Å². The van der Waals surface area contributed by atoms with Crippen LogP contribution in [0.4, 0.5) is 9.18 Å². The molecule has 0 fully saturated rings. The summed E-state index contributed by atoms with van der Waals surface area (Å²) >= 11 is 1.84. The predicted octanol–water partition coefficient (Wildman–Crippen LogP) is 6.38. The van der Waals surface area contributed by atoms with Gasteiger partial charge in [-0.25, -0.2) is 9.18 Å². The molecule has 2 aromatic carbocycles. The summed E-state index contributed by atoms with van der Waals surface area (Å²) in [7, 11) is 1.63. The molecule has 2 amide bonds. The first kappa shape index (κ1) is 22.9. The van der Waals surface area contributed by atoms with Gasteiger partial charge in [-0.1, -0.05) is 24.3 Å². The molecule has 1 unspecified atom stereocenters. The molecule has 4 aromatic rings. The van der Waals surface area contributed by atoms with Crippen LogP contribution in [0.1, 0.15) is 51.7 Å². The Morgan fingerprint density at radius 3 is 2.81 bits per heavy atom. The number of halogens is 1. The third kappa shape index (κ3) is 4.07. The second-order valence-corrected chi connectivity index (χ2v) is 10.5. The minimum absolute atomic E-state index is 0.177. The number of methoxy groups -OCH3 is 1. The molecule has 3 heterocycles. The van der Waals surface area contributed by atoms with E-state index in [4.69, 9.17) is 4.74 Å². The zero-order chi connectivity index (χ0) is 24.6. The summed E-state index contributed by atoms with van der Waals surface area (Å²) in [5.74, 6) is 0.445. The van der Waals surface area contributed by atoms with Crippen LogP contribution >= 0.6 is 11.3 Å². The number of carbonyl (C=O) groups is 1. The maximum atomic E-state index is 14.4. The first-order valence-corrected chi connectivity index (χ1v) is 13.2. The van der Waals surface area contributed by atoms with Crippen molar-refractivity contribution >= 4 is 17.4 Å². The average molecular weight is 502 g/mol. The van der Waals surface area contributed by atoms with Crippen molar-refractivity contribution in [1.82, 2.24) is 14.8 Å². The number of ether oxygens (including phenoxy) is 1. The first-order chi connectivity index (χ1) is 17.6. The van der Waals surface area contributed by atoms with Gasteiger partial charge in [0.1, 0.15) is 16.6 Å². The quantitative estimate of drug-likeness (QED) is 0.353. The van der Waals surface area contributed by atoms with Crippen LogP contribution in [-0.4, -0.2) is 22.6 Å². The van der Waals surface area contributed by atoms with Gasteiger partial charge < -0.3 is 19.5 Å². The number of aryl methyl sites for hydroxylation is 1. The third-order valence-corrected chi connectivity index (χ3v) is 8.52. The van der Waals surface area contributed by atoms with E-state index < -0.39 is 6.04 Å². The number of benzene rings is 2. The third-order valence-electron chi connectivity index (χ3n) is 7.18. The number of hydrogen-bond donors (Lipinski definition) is 1. The lowest BCUT2D eigenvalue weighted by atomic mass is 9.95. The van der Waals surface area contributed by atoms with Crippen LogP contribution in [0.5, 0.6) is 5.75 Å². The zero-order valence-electron chi connectivity index (χ0n) is 20.2. The van der Waals surface area contributed by atoms with Gasteiger partial charge in [0.05, 0.1) is 25.4 Å². The molecular weight excluding hydrogens is 473 g/mol. The summed E-state index contributed by atoms with van der Waals surface area (Å²) < 4.78 is 21.9. The number of urea groups is 1. The van der Waals surface area contributed by atoms with Gasteiger partial charge in [0.25, 0.3) is 0 Å². The van der Waals surface area contributed by atoms with Crippen LogP contribution < -0.4 is 10.1 Å². The summed E-state index contributed by atoms with van der Waals surface area (Å²) in [5.41, 5.74) is 5.30. The second kappa shape index (κ2) is 9.47. The monoisotopic (exact) mass is 501 g/mol. The first-order valence-electron chi connectivity index (χ1n) is 12.4. The van der Waals surface area contributed by atoms with Crippen LogP contribution in [0.3, 0.4) is 0 Å². The lowest BCUT2D eigenvalue weighted by Gasteiger charge is -2.31. The minimum Gasteiger partial charge on any atom is -0.497 e. The standard InChI is InChI=1S/C29H28FN3O2S/c1-35-22-10-4-7-19(15-22)17-31-29(34)33-18-24-23-11-2-3-13-26(23)36-28(24)32-14-6-12-25(32)27(33)20-8-5-9-21(30)16-20/h4-10,12,14-16,27H,2-3,11,13,17-18H2,1H3,(H,31,34). The van der Waals surface area contributed by atoms with E-state index in [1.54, 1.807) is 19.2 Å². The normalized spacial score (nSPS) is 16.5. The Labute approximate surface area is 214 Å². The van der Waals surface area contributed by atoms with E-state index in [0.717, 1.165) is 35.4 Å². The highest BCUT2D eigenvalue weighted by atomic mass is 32.1. The summed E-state index contributed by atoms with van der Waals surface area (Å²) in [5, 5.41) is 4.31. The maximum Gasteiger partial charge on any atom is 0.318 e. The number of rotatable bonds is 4. The molecule has 36 heavy (non-hydrogen) atoms. The highest BCUT2D eigenvalue weighted by Gasteiger charge is 2.36. The Morgan fingerprint density at radius 1 is 1.08 bits per heavy atom. The summed E-state index contributed by atoms with van der Waals surface area (Å²) in [6, 6.07) is 17.8. The van der Waals surface area contributed by atoms with E-state index in [-0.39, 0.29) is 11.8 Å². The van der Waals surface area contributed by atoms with Crippen LogP contribution in [0.25, 0.3) is 5.00 Å². The Morgan fingerprint density at radius 2 is 1.94 bits per heavy atom. The molecule has 5 nitrogen and oxygen atoms in total. The number of aromatic nitrogens is 1. The number of carbonyl (C=O) groups excluding carboxylic acids is 1. The van der Waals surface area contributed by atoms with Crippen LogP contribution in [0.15, 0.2) is 66.9 Å². The Kier molecular flexibility index (Phi) is 6.01. The SMILES string of the molecule is COc1cccc(CNC(=O)N2Cc3c(sc4c3CCCC4)-n3cccc3C2c2cccc(F)c2)c1. The topological polar surface area (TPSA) is 46.5 Å². The molecule has 1 atom stereocenters. The number of nitrogens with one attached hydrogen (secondary N) is 1. The van der Waals surface area contributed by atoms with Crippen molar-refractivity contribution in [1.29, 1.82) is 0 Å². The number of fused-ring (bicyclic) bond motifs is 5. The fourth-order valence-corrected chi connectivity index (χ4v) is 6.88. The summed E-state index contributed by atoms with van der Waals surface area (Å²) in [6.07, 6.45) is 6.59. The van der Waals surface area contributed by atoms with Gasteiger partial charge in [0.2, 0.25) is 0 Å². The number of amides is 2. The molecular formula is C29H28FN3O2S. The van der Waals surface area contributed by atoms with Crippen molar-refractivity contribution in [3.8, 4) is 10.8 Å². The van der Waals surface area contributed by atoms with E-state index in [0.29, 0.717) is 13.1 Å². The molecule has 1 N–H and O–H groups in total. The fourth-order valence-electron chi connectivity index (χ4n) is 5.48. The van der Waals surface area contributed by atoms with Gasteiger partial charge in [-0.15, -0.1) is 11.3 Å². The molecule has 1 aliphatic heterocycles. The van der Waals surface area contributed by atoms with Crippen LogP contribution in [0.2, 0.25) is 0 Å². The lowest BCUT2D eigenvalue weighted by molar-refractivity contribution is 0.180. The van der Waals surface area contributed by atoms with Crippen LogP contribution in [-0.2, 0) is 25.9 Å². The molecule has 7 heteroatoms. The van der Waals surface area contributed by atoms with E-state index in [1.165, 1.54) is 39.9 Å². The highest BCUT2D eigenvalue weighted by Crippen LogP contribution is 2.44. The molecule has 2 aromatic heterocycles. The Hall–Kier alpha value is -3.58. The van der Waals surface area contributed by atoms with Gasteiger partial charge >= 0.3 is 6.03 Å². The molecule has 184 valence electrons. The van der Waals surface area contributed by atoms with Crippen molar-refractivity contribution in [2.24, 2.45) is 0 Å². The minimum atomic E-state index is -0.417. The molecule has 2 aliphatic rings. The van der Waals surface area contributed by atoms with E-state index in [2.05, 4.69) is 16.1 Å². The van der Waals surface area contributed by atoms with Crippen molar-refractivity contribution in [2.75, 3.05) is 7.11 Å². The Balaban J connectivity index is 1.42. The number of hydrogen-bond acceptors (Lipinski definition) is 3.